The standard InChI is InChI=1S/C23H25BF5N3/c1-7-16-12(3)21-19(20-18(23(25,26)27)10-9-11-30-20)22-13(4)17(8-2)15(6)32(22)24(28,29)31(21)14(16)5/h9-11H,7-8H2,1-6H3. The SMILES string of the molecule is CCC1=C(C)C2=C(c3ncccc3C(F)(F)F)c3c(C)c(CC)c(C)n3[B-](F)(F)[N+]2=C1C. The van der Waals surface area contributed by atoms with Crippen molar-refractivity contribution in [1.82, 2.24) is 9.46 Å². The minimum absolute atomic E-state index is 0.117. The van der Waals surface area contributed by atoms with Crippen molar-refractivity contribution < 1.29 is 26.3 Å². The van der Waals surface area contributed by atoms with Gasteiger partial charge in [0.1, 0.15) is 5.71 Å². The zero-order valence-corrected chi connectivity index (χ0v) is 19.0. The van der Waals surface area contributed by atoms with Gasteiger partial charge in [-0.2, -0.15) is 13.2 Å². The van der Waals surface area contributed by atoms with E-state index >= 15 is 8.63 Å². The van der Waals surface area contributed by atoms with Crippen LogP contribution in [0.2, 0.25) is 0 Å². The van der Waals surface area contributed by atoms with Gasteiger partial charge < -0.3 is 17.6 Å². The molecule has 0 atom stereocenters. The molecule has 0 radical (unpaired) electrons. The van der Waals surface area contributed by atoms with Gasteiger partial charge in [-0.25, -0.2) is 0 Å². The fraction of sp³-hybridized carbons (Fsp3) is 0.391. The van der Waals surface area contributed by atoms with Crippen molar-refractivity contribution in [3.8, 4) is 0 Å². The Morgan fingerprint density at radius 3 is 2.28 bits per heavy atom. The van der Waals surface area contributed by atoms with E-state index in [0.717, 1.165) is 26.2 Å². The van der Waals surface area contributed by atoms with Crippen molar-refractivity contribution >= 4 is 18.3 Å². The van der Waals surface area contributed by atoms with Crippen molar-refractivity contribution in [3.63, 3.8) is 0 Å². The maximum atomic E-state index is 16.1. The van der Waals surface area contributed by atoms with Gasteiger partial charge in [0.2, 0.25) is 0 Å². The molecule has 0 saturated carbocycles. The van der Waals surface area contributed by atoms with Gasteiger partial charge >= 0.3 is 13.1 Å². The second-order valence-corrected chi connectivity index (χ2v) is 8.38. The second-order valence-electron chi connectivity index (χ2n) is 8.38. The van der Waals surface area contributed by atoms with Crippen molar-refractivity contribution in [3.05, 3.63) is 68.9 Å². The molecule has 3 nitrogen and oxygen atoms in total. The van der Waals surface area contributed by atoms with Gasteiger partial charge in [0.05, 0.1) is 16.8 Å². The molecule has 0 saturated heterocycles. The molecule has 0 amide bonds. The van der Waals surface area contributed by atoms with Crippen LogP contribution in [0.15, 0.2) is 35.2 Å². The Morgan fingerprint density at radius 1 is 1.06 bits per heavy atom. The Labute approximate surface area is 184 Å². The summed E-state index contributed by atoms with van der Waals surface area (Å²) in [4.78, 5) is 4.10. The lowest BCUT2D eigenvalue weighted by Crippen LogP contribution is -2.51. The molecule has 4 heterocycles. The molecule has 170 valence electrons. The Bertz CT molecular complexity index is 1250. The molecule has 0 spiro atoms. The van der Waals surface area contributed by atoms with Crippen LogP contribution in [0.5, 0.6) is 0 Å². The maximum absolute atomic E-state index is 16.1. The number of fused-ring (bicyclic) bond motifs is 2. The summed E-state index contributed by atoms with van der Waals surface area (Å²) in [6.45, 7) is 6.07. The molecule has 0 aromatic carbocycles. The van der Waals surface area contributed by atoms with Crippen molar-refractivity contribution in [1.29, 1.82) is 0 Å². The summed E-state index contributed by atoms with van der Waals surface area (Å²) in [5.41, 5.74) is 2.47. The molecule has 2 aliphatic rings. The van der Waals surface area contributed by atoms with E-state index in [1.165, 1.54) is 12.3 Å². The summed E-state index contributed by atoms with van der Waals surface area (Å²) in [5, 5.41) is 0. The van der Waals surface area contributed by atoms with E-state index < -0.39 is 18.7 Å². The normalized spacial score (nSPS) is 18.0. The minimum atomic E-state index is -4.68. The first-order valence-corrected chi connectivity index (χ1v) is 10.7. The Morgan fingerprint density at radius 2 is 1.72 bits per heavy atom. The van der Waals surface area contributed by atoms with E-state index in [-0.39, 0.29) is 22.7 Å². The molecule has 0 fully saturated rings. The van der Waals surface area contributed by atoms with E-state index in [4.69, 9.17) is 0 Å². The summed E-state index contributed by atoms with van der Waals surface area (Å²) < 4.78 is 76.2. The average molecular weight is 449 g/mol. The summed E-state index contributed by atoms with van der Waals surface area (Å²) in [6.07, 6.45) is -2.40. The highest BCUT2D eigenvalue weighted by Crippen LogP contribution is 2.48. The molecule has 9 heteroatoms. The quantitative estimate of drug-likeness (QED) is 0.399. The van der Waals surface area contributed by atoms with E-state index in [1.807, 2.05) is 13.8 Å². The lowest BCUT2D eigenvalue weighted by Gasteiger charge is -2.34. The summed E-state index contributed by atoms with van der Waals surface area (Å²) >= 11 is 0. The van der Waals surface area contributed by atoms with Crippen LogP contribution in [0.1, 0.15) is 67.9 Å². The number of alkyl halides is 3. The zero-order chi connectivity index (χ0) is 23.7. The molecular formula is C23H25BF5N3. The van der Waals surface area contributed by atoms with Crippen LogP contribution in [-0.4, -0.2) is 26.6 Å². The largest absolute Gasteiger partial charge is 0.737 e. The Balaban J connectivity index is 2.27. The molecule has 0 bridgehead atoms. The van der Waals surface area contributed by atoms with Crippen molar-refractivity contribution in [2.75, 3.05) is 0 Å². The van der Waals surface area contributed by atoms with E-state index in [2.05, 4.69) is 4.98 Å². The predicted octanol–water partition coefficient (Wildman–Crippen LogP) is 6.29. The average Bonchev–Trinajstić information content (AvgIpc) is 3.12. The summed E-state index contributed by atoms with van der Waals surface area (Å²) in [6, 6.07) is 2.18. The van der Waals surface area contributed by atoms with Crippen LogP contribution in [0.4, 0.5) is 21.8 Å². The van der Waals surface area contributed by atoms with Gasteiger partial charge in [-0.3, -0.25) is 4.98 Å². The van der Waals surface area contributed by atoms with Crippen LogP contribution >= 0.6 is 0 Å². The second kappa shape index (κ2) is 7.15. The van der Waals surface area contributed by atoms with E-state index in [9.17, 15) is 13.2 Å². The molecular weight excluding hydrogens is 424 g/mol. The molecule has 2 aromatic rings. The van der Waals surface area contributed by atoms with E-state index in [1.54, 1.807) is 27.7 Å². The lowest BCUT2D eigenvalue weighted by atomic mass is 9.84. The molecule has 0 N–H and O–H groups in total. The Kier molecular flexibility index (Phi) is 5.03. The number of aromatic nitrogens is 2. The van der Waals surface area contributed by atoms with Gasteiger partial charge in [0, 0.05) is 30.0 Å². The smallest absolute Gasteiger partial charge is 0.393 e. The third-order valence-corrected chi connectivity index (χ3v) is 6.85. The zero-order valence-electron chi connectivity index (χ0n) is 19.0. The molecule has 0 unspecified atom stereocenters. The highest BCUT2D eigenvalue weighted by molar-refractivity contribution is 6.58. The highest BCUT2D eigenvalue weighted by Gasteiger charge is 2.57. The minimum Gasteiger partial charge on any atom is -0.393 e. The number of hydrogen-bond donors (Lipinski definition) is 0. The van der Waals surface area contributed by atoms with Gasteiger partial charge in [-0.1, -0.05) is 13.8 Å². The first-order valence-electron chi connectivity index (χ1n) is 10.7. The third kappa shape index (κ3) is 2.79. The van der Waals surface area contributed by atoms with Gasteiger partial charge in [-0.15, -0.1) is 0 Å². The number of nitrogens with zero attached hydrogens (tertiary/aromatic N) is 3. The van der Waals surface area contributed by atoms with Crippen LogP contribution in [-0.2, 0) is 12.6 Å². The fourth-order valence-electron chi connectivity index (χ4n) is 5.54. The van der Waals surface area contributed by atoms with Gasteiger partial charge in [-0.05, 0) is 62.6 Å². The number of allylic oxidation sites excluding steroid dienone is 2. The molecule has 0 aliphatic carbocycles. The first kappa shape index (κ1) is 22.5. The van der Waals surface area contributed by atoms with Gasteiger partial charge in [0.15, 0.2) is 5.70 Å². The van der Waals surface area contributed by atoms with Crippen LogP contribution in [0.3, 0.4) is 0 Å². The summed E-state index contributed by atoms with van der Waals surface area (Å²) in [5.74, 6) is 0. The molecule has 2 aromatic heterocycles. The predicted molar refractivity (Wildman–Crippen MR) is 116 cm³/mol. The highest BCUT2D eigenvalue weighted by atomic mass is 19.4. The summed E-state index contributed by atoms with van der Waals surface area (Å²) in [7, 11) is 0. The maximum Gasteiger partial charge on any atom is 0.737 e. The molecule has 32 heavy (non-hydrogen) atoms. The third-order valence-electron chi connectivity index (χ3n) is 6.85. The first-order chi connectivity index (χ1) is 14.9. The lowest BCUT2D eigenvalue weighted by molar-refractivity contribution is -0.363. The van der Waals surface area contributed by atoms with Gasteiger partial charge in [0.25, 0.3) is 0 Å². The monoisotopic (exact) mass is 449 g/mol. The topological polar surface area (TPSA) is 20.8 Å². The van der Waals surface area contributed by atoms with Crippen molar-refractivity contribution in [2.24, 2.45) is 0 Å². The number of pyridine rings is 1. The van der Waals surface area contributed by atoms with Crippen LogP contribution < -0.4 is 0 Å². The van der Waals surface area contributed by atoms with Crippen LogP contribution in [0.25, 0.3) is 5.57 Å². The van der Waals surface area contributed by atoms with Crippen molar-refractivity contribution in [2.45, 2.75) is 60.6 Å². The molecule has 4 rings (SSSR count). The number of halogens is 5. The number of hydrogen-bond acceptors (Lipinski definition) is 1. The van der Waals surface area contributed by atoms with Crippen LogP contribution in [0, 0.1) is 13.8 Å². The van der Waals surface area contributed by atoms with E-state index in [0.29, 0.717) is 35.4 Å². The molecule has 2 aliphatic heterocycles. The Hall–Kier alpha value is -2.71. The number of rotatable bonds is 3. The fourth-order valence-corrected chi connectivity index (χ4v) is 5.54.